The largest absolute Gasteiger partial charge is 0.490 e. The van der Waals surface area contributed by atoms with E-state index in [1.807, 2.05) is 29.7 Å². The van der Waals surface area contributed by atoms with Crippen molar-refractivity contribution in [2.45, 2.75) is 77.0 Å². The molecular formula is C43H52ClN5O6S. The lowest BCUT2D eigenvalue weighted by Crippen LogP contribution is -2.46. The molecule has 298 valence electrons. The van der Waals surface area contributed by atoms with Crippen LogP contribution in [0.25, 0.3) is 0 Å². The lowest BCUT2D eigenvalue weighted by molar-refractivity contribution is -0.452. The number of halogens is 1. The number of nitrogens with zero attached hydrogens (tertiary/aromatic N) is 4. The zero-order valence-corrected chi connectivity index (χ0v) is 34.0. The quantitative estimate of drug-likeness (QED) is 0.117. The highest BCUT2D eigenvalue weighted by atomic mass is 35.5. The predicted octanol–water partition coefficient (Wildman–Crippen LogP) is 6.62. The predicted molar refractivity (Wildman–Crippen MR) is 216 cm³/mol. The fourth-order valence-corrected chi connectivity index (χ4v) is 9.92. The second-order valence-electron chi connectivity index (χ2n) is 15.8. The van der Waals surface area contributed by atoms with Crippen LogP contribution in [0.5, 0.6) is 5.75 Å². The molecule has 11 nitrogen and oxygen atoms in total. The van der Waals surface area contributed by atoms with E-state index < -0.39 is 27.8 Å². The van der Waals surface area contributed by atoms with Gasteiger partial charge in [0, 0.05) is 62.1 Å². The lowest BCUT2D eigenvalue weighted by Gasteiger charge is -2.44. The number of nitrogens with one attached hydrogen (secondary N) is 1. The molecule has 2 amide bonds. The van der Waals surface area contributed by atoms with E-state index in [1.54, 1.807) is 38.6 Å². The summed E-state index contributed by atoms with van der Waals surface area (Å²) >= 11 is 6.28. The van der Waals surface area contributed by atoms with Crippen LogP contribution in [0, 0.1) is 35.5 Å². The van der Waals surface area contributed by atoms with Crippen LogP contribution in [0.3, 0.4) is 0 Å². The van der Waals surface area contributed by atoms with Gasteiger partial charge in [-0.2, -0.15) is 0 Å². The Morgan fingerprint density at radius 3 is 2.80 bits per heavy atom. The molecule has 0 spiro atoms. The molecule has 13 heteroatoms. The number of carbonyl (C=O) groups excluding carboxylic acids is 2. The van der Waals surface area contributed by atoms with E-state index in [4.69, 9.17) is 32.2 Å². The molecule has 3 aliphatic heterocycles. The Balaban J connectivity index is 1.22. The maximum Gasteiger partial charge on any atom is 0.427 e. The van der Waals surface area contributed by atoms with Gasteiger partial charge in [0.1, 0.15) is 18.2 Å². The summed E-state index contributed by atoms with van der Waals surface area (Å²) in [7, 11) is 1.51. The summed E-state index contributed by atoms with van der Waals surface area (Å²) in [5.74, 6) is 4.02. The van der Waals surface area contributed by atoms with Crippen LogP contribution in [0.1, 0.15) is 77.7 Å². The van der Waals surface area contributed by atoms with Crippen LogP contribution >= 0.6 is 11.6 Å². The minimum absolute atomic E-state index is 0.0214. The number of aryl methyl sites for hydroxylation is 2. The Morgan fingerprint density at radius 2 is 2.05 bits per heavy atom. The normalized spacial score (nSPS) is 29.1. The van der Waals surface area contributed by atoms with Crippen molar-refractivity contribution in [3.8, 4) is 18.1 Å². The number of hydrazine groups is 1. The monoisotopic (exact) mass is 801 g/mol. The van der Waals surface area contributed by atoms with E-state index in [9.17, 15) is 13.8 Å². The van der Waals surface area contributed by atoms with E-state index in [2.05, 4.69) is 39.4 Å². The van der Waals surface area contributed by atoms with E-state index in [-0.39, 0.29) is 35.1 Å². The first-order valence-electron chi connectivity index (χ1n) is 19.6. The highest BCUT2D eigenvalue weighted by Gasteiger charge is 2.41. The SMILES string of the molecule is C#C[C@]1(CCCc2cccc(Cl)c2)COc2ccc3cc2N(C[C@@H]2CC[C@H]2[C@@H](OC)/C=C/C[C@H](C)C/[S-](=O)=[N+](/NC(=O)c2cn4c(n2)CC(OC)CC4)C3=O)C1. The number of carbonyl (C=O) groups is 2. The molecule has 1 saturated carbocycles. The summed E-state index contributed by atoms with van der Waals surface area (Å²) in [4.78, 5) is 35.1. The Labute approximate surface area is 336 Å². The Hall–Kier alpha value is -4.15. The molecule has 6 atom stereocenters. The van der Waals surface area contributed by atoms with Gasteiger partial charge >= 0.3 is 11.8 Å². The third-order valence-corrected chi connectivity index (χ3v) is 13.6. The van der Waals surface area contributed by atoms with Gasteiger partial charge in [-0.25, -0.2) is 9.78 Å². The molecule has 0 radical (unpaired) electrons. The van der Waals surface area contributed by atoms with Crippen molar-refractivity contribution in [3.05, 3.63) is 88.5 Å². The number of fused-ring (bicyclic) bond motifs is 3. The number of imidazole rings is 1. The molecule has 1 N–H and O–H groups in total. The lowest BCUT2D eigenvalue weighted by atomic mass is 9.69. The first-order valence-corrected chi connectivity index (χ1v) is 21.3. The number of allylic oxidation sites excluding steroid dienone is 1. The van der Waals surface area contributed by atoms with Crippen LogP contribution in [0.4, 0.5) is 5.69 Å². The molecule has 3 aromatic rings. The molecule has 2 aromatic carbocycles. The minimum Gasteiger partial charge on any atom is -0.490 e. The average molecular weight is 802 g/mol. The van der Waals surface area contributed by atoms with Crippen molar-refractivity contribution in [2.24, 2.45) is 23.2 Å². The first-order chi connectivity index (χ1) is 27.1. The van der Waals surface area contributed by atoms with Crippen LogP contribution < -0.4 is 15.1 Å². The van der Waals surface area contributed by atoms with E-state index >= 15 is 0 Å². The zero-order valence-electron chi connectivity index (χ0n) is 32.5. The standard InChI is InChI=1S/C43H52ClN5O6S/c1-5-43(19-8-11-30-10-7-12-33(44)21-30)27-48-24-32-14-16-35(32)38(54-4)13-6-9-29(2)26-56(52)49(42(51)31-15-17-39(55-28-43)37(48)22-31)46-41(50)36-25-47-20-18-34(53-3)23-40(47)45-36/h1,6-7,10,12-13,15,17,21-22,25,29,32,34-35,38H,8-9,11,14,16,18-20,23-24,26-28H2,2-4H3,(H,46,50)/b13-6+/t29-,32-,34?,35+,38-,43+/m0/s1. The molecule has 7 rings (SSSR count). The molecule has 2 bridgehead atoms. The fourth-order valence-electron chi connectivity index (χ4n) is 8.46. The molecule has 56 heavy (non-hydrogen) atoms. The van der Waals surface area contributed by atoms with Crippen LogP contribution in [0.2, 0.25) is 5.02 Å². The van der Waals surface area contributed by atoms with Gasteiger partial charge in [0.2, 0.25) is 0 Å². The Kier molecular flexibility index (Phi) is 12.6. The molecule has 4 aliphatic rings. The Morgan fingerprint density at radius 1 is 1.20 bits per heavy atom. The average Bonchev–Trinajstić information content (AvgIpc) is 3.55. The molecule has 0 saturated heterocycles. The number of terminal acetylenes is 1. The van der Waals surface area contributed by atoms with Gasteiger partial charge in [0.15, 0.2) is 5.69 Å². The summed E-state index contributed by atoms with van der Waals surface area (Å²) in [6.45, 7) is 4.19. The van der Waals surface area contributed by atoms with Gasteiger partial charge in [-0.05, 0) is 98.4 Å². The number of aromatic nitrogens is 2. The summed E-state index contributed by atoms with van der Waals surface area (Å²) in [6, 6.07) is 13.2. The zero-order chi connectivity index (χ0) is 39.4. The highest BCUT2D eigenvalue weighted by Crippen LogP contribution is 2.44. The van der Waals surface area contributed by atoms with Crippen molar-refractivity contribution >= 4 is 39.7 Å². The van der Waals surface area contributed by atoms with E-state index in [1.165, 1.54) is 0 Å². The van der Waals surface area contributed by atoms with Crippen molar-refractivity contribution in [2.75, 3.05) is 44.6 Å². The van der Waals surface area contributed by atoms with Gasteiger partial charge in [-0.3, -0.25) is 4.79 Å². The number of hydrogen-bond donors (Lipinski definition) is 1. The van der Waals surface area contributed by atoms with Crippen molar-refractivity contribution in [3.63, 3.8) is 0 Å². The highest BCUT2D eigenvalue weighted by molar-refractivity contribution is 7.72. The van der Waals surface area contributed by atoms with Gasteiger partial charge in [-0.1, -0.05) is 54.6 Å². The molecular weight excluding hydrogens is 750 g/mol. The molecule has 4 heterocycles. The van der Waals surface area contributed by atoms with Crippen LogP contribution in [-0.2, 0) is 43.7 Å². The fraction of sp³-hybridized carbons (Fsp3) is 0.512. The second-order valence-corrected chi connectivity index (χ2v) is 17.6. The van der Waals surface area contributed by atoms with Crippen molar-refractivity contribution < 1.29 is 32.1 Å². The summed E-state index contributed by atoms with van der Waals surface area (Å²) in [6.07, 6.45) is 18.7. The number of hydrogen-bond acceptors (Lipinski definition) is 9. The summed E-state index contributed by atoms with van der Waals surface area (Å²) in [5, 5.41) is 0.710. The number of rotatable bonds is 8. The Bertz CT molecular complexity index is 2100. The number of ether oxygens (including phenoxy) is 3. The van der Waals surface area contributed by atoms with Crippen LogP contribution in [0.15, 0.2) is 60.8 Å². The molecule has 1 unspecified atom stereocenters. The van der Waals surface area contributed by atoms with Gasteiger partial charge < -0.3 is 27.9 Å². The summed E-state index contributed by atoms with van der Waals surface area (Å²) < 4.78 is 35.1. The third-order valence-electron chi connectivity index (χ3n) is 11.9. The maximum absolute atomic E-state index is 14.5. The smallest absolute Gasteiger partial charge is 0.427 e. The van der Waals surface area contributed by atoms with Crippen molar-refractivity contribution in [1.29, 1.82) is 0 Å². The molecule has 1 fully saturated rings. The van der Waals surface area contributed by atoms with E-state index in [0.29, 0.717) is 61.7 Å². The first kappa shape index (κ1) is 40.1. The number of amides is 2. The third kappa shape index (κ3) is 8.86. The number of methoxy groups -OCH3 is 2. The van der Waals surface area contributed by atoms with Gasteiger partial charge in [0.25, 0.3) is 0 Å². The number of anilines is 1. The second kappa shape index (κ2) is 17.6. The maximum atomic E-state index is 14.5. The summed E-state index contributed by atoms with van der Waals surface area (Å²) in [5.41, 5.74) is 4.40. The molecule has 1 aromatic heterocycles. The van der Waals surface area contributed by atoms with Gasteiger partial charge in [-0.15, -0.1) is 15.9 Å². The molecule has 1 aliphatic carbocycles. The number of benzene rings is 2. The van der Waals surface area contributed by atoms with E-state index in [0.717, 1.165) is 59.7 Å². The van der Waals surface area contributed by atoms with Crippen molar-refractivity contribution in [1.82, 2.24) is 15.0 Å². The van der Waals surface area contributed by atoms with Gasteiger partial charge in [0.05, 0.1) is 28.9 Å². The topological polar surface area (TPSA) is 115 Å². The van der Waals surface area contributed by atoms with Crippen LogP contribution in [-0.4, -0.2) is 77.3 Å². The minimum atomic E-state index is -1.91.